The van der Waals surface area contributed by atoms with Crippen LogP contribution in [0.1, 0.15) is 20.8 Å². The summed E-state index contributed by atoms with van der Waals surface area (Å²) in [4.78, 5) is 0. The van der Waals surface area contributed by atoms with Crippen LogP contribution in [0.15, 0.2) is 0 Å². The number of hydrogen-bond acceptors (Lipinski definition) is 3. The van der Waals surface area contributed by atoms with Crippen LogP contribution < -0.4 is 0 Å². The third kappa shape index (κ3) is 10.9. The molecule has 0 fully saturated rings. The molecule has 0 amide bonds. The second kappa shape index (κ2) is 14.4. The normalized spacial score (nSPS) is 9.00. The molecular formula is C6H20O4SiSn. The van der Waals surface area contributed by atoms with E-state index in [0.29, 0.717) is 19.8 Å². The molecule has 4 nitrogen and oxygen atoms in total. The molecule has 0 aromatic heterocycles. The molecule has 0 aliphatic carbocycles. The molecule has 0 aromatic carbocycles. The van der Waals surface area contributed by atoms with E-state index in [1.54, 1.807) is 0 Å². The topological polar surface area (TPSA) is 59.2 Å². The Balaban J connectivity index is -0.000000405. The van der Waals surface area contributed by atoms with Crippen LogP contribution in [0.4, 0.5) is 0 Å². The quantitative estimate of drug-likeness (QED) is 0.596. The van der Waals surface area contributed by atoms with Gasteiger partial charge in [0.2, 0.25) is 0 Å². The first-order valence-electron chi connectivity index (χ1n) is 3.69. The van der Waals surface area contributed by atoms with Gasteiger partial charge in [-0.05, 0) is 20.8 Å². The maximum atomic E-state index is 5.22. The fraction of sp³-hybridized carbons (Fsp3) is 1.00. The van der Waals surface area contributed by atoms with Crippen molar-refractivity contribution in [1.29, 1.82) is 0 Å². The van der Waals surface area contributed by atoms with Crippen LogP contribution in [0.3, 0.4) is 0 Å². The average Bonchev–Trinajstić information content (AvgIpc) is 1.90. The van der Waals surface area contributed by atoms with Crippen molar-refractivity contribution in [3.8, 4) is 0 Å². The van der Waals surface area contributed by atoms with Crippen molar-refractivity contribution in [3.63, 3.8) is 0 Å². The number of hydrogen-bond donors (Lipinski definition) is 0. The van der Waals surface area contributed by atoms with Gasteiger partial charge in [0.15, 0.2) is 0 Å². The third-order valence-corrected chi connectivity index (χ3v) is 2.72. The van der Waals surface area contributed by atoms with E-state index in [1.807, 2.05) is 20.8 Å². The van der Waals surface area contributed by atoms with E-state index in [-0.39, 0.29) is 29.4 Å². The van der Waals surface area contributed by atoms with E-state index in [1.165, 1.54) is 0 Å². The molecule has 0 bridgehead atoms. The van der Waals surface area contributed by atoms with Crippen LogP contribution in [0.2, 0.25) is 0 Å². The van der Waals surface area contributed by atoms with Crippen molar-refractivity contribution in [2.45, 2.75) is 20.8 Å². The molecule has 0 aliphatic rings. The summed E-state index contributed by atoms with van der Waals surface area (Å²) in [5.41, 5.74) is 0. The van der Waals surface area contributed by atoms with Gasteiger partial charge in [0.25, 0.3) is 0 Å². The SMILES string of the molecule is CCO[SiH](OCC)OCC.O.[SnH2]. The maximum absolute atomic E-state index is 5.22. The van der Waals surface area contributed by atoms with Crippen molar-refractivity contribution in [3.05, 3.63) is 0 Å². The van der Waals surface area contributed by atoms with Gasteiger partial charge in [-0.25, -0.2) is 0 Å². The fourth-order valence-electron chi connectivity index (χ4n) is 0.553. The Morgan fingerprint density at radius 2 is 1.08 bits per heavy atom. The summed E-state index contributed by atoms with van der Waals surface area (Å²) in [5, 5.41) is 0. The molecular weight excluding hydrogens is 283 g/mol. The summed E-state index contributed by atoms with van der Waals surface area (Å²) in [7, 11) is -1.73. The average molecular weight is 303 g/mol. The van der Waals surface area contributed by atoms with Gasteiger partial charge in [-0.15, -0.1) is 0 Å². The molecule has 0 atom stereocenters. The monoisotopic (exact) mass is 304 g/mol. The first kappa shape index (κ1) is 18.6. The molecule has 6 heteroatoms. The van der Waals surface area contributed by atoms with E-state index in [0.717, 1.165) is 0 Å². The van der Waals surface area contributed by atoms with E-state index in [2.05, 4.69) is 0 Å². The molecule has 76 valence electrons. The molecule has 0 aliphatic heterocycles. The second-order valence-electron chi connectivity index (χ2n) is 1.65. The van der Waals surface area contributed by atoms with Gasteiger partial charge in [0.05, 0.1) is 0 Å². The zero-order chi connectivity index (χ0) is 7.82. The summed E-state index contributed by atoms with van der Waals surface area (Å²) < 4.78 is 15.7. The van der Waals surface area contributed by atoms with Crippen molar-refractivity contribution in [2.75, 3.05) is 19.8 Å². The molecule has 0 saturated carbocycles. The minimum absolute atomic E-state index is 0. The van der Waals surface area contributed by atoms with Crippen LogP contribution in [-0.4, -0.2) is 58.7 Å². The Hall–Kier alpha value is 0.856. The van der Waals surface area contributed by atoms with Crippen LogP contribution in [0.25, 0.3) is 0 Å². The van der Waals surface area contributed by atoms with Crippen LogP contribution in [0.5, 0.6) is 0 Å². The van der Waals surface area contributed by atoms with Gasteiger partial charge in [0, 0.05) is 19.8 Å². The summed E-state index contributed by atoms with van der Waals surface area (Å²) in [6.45, 7) is 7.86. The zero-order valence-corrected chi connectivity index (χ0v) is 13.3. The van der Waals surface area contributed by atoms with Gasteiger partial charge < -0.3 is 18.8 Å². The Bertz CT molecular complexity index is 62.3. The summed E-state index contributed by atoms with van der Waals surface area (Å²) in [6, 6.07) is 0. The Morgan fingerprint density at radius 3 is 1.25 bits per heavy atom. The minimum atomic E-state index is -1.73. The van der Waals surface area contributed by atoms with Crippen molar-refractivity contribution >= 4 is 33.4 Å². The van der Waals surface area contributed by atoms with Gasteiger partial charge >= 0.3 is 33.4 Å². The molecule has 2 N–H and O–H groups in total. The molecule has 12 heavy (non-hydrogen) atoms. The summed E-state index contributed by atoms with van der Waals surface area (Å²) >= 11 is 0. The van der Waals surface area contributed by atoms with Crippen LogP contribution >= 0.6 is 0 Å². The first-order chi connectivity index (χ1) is 4.85. The van der Waals surface area contributed by atoms with Crippen molar-refractivity contribution < 1.29 is 18.8 Å². The molecule has 0 spiro atoms. The predicted molar refractivity (Wildman–Crippen MR) is 54.2 cm³/mol. The first-order valence-corrected chi connectivity index (χ1v) is 5.11. The molecule has 0 heterocycles. The predicted octanol–water partition coefficient (Wildman–Crippen LogP) is -0.928. The molecule has 0 saturated heterocycles. The zero-order valence-electron chi connectivity index (χ0n) is 8.13. The molecule has 2 radical (unpaired) electrons. The molecule has 0 unspecified atom stereocenters. The Labute approximate surface area is 92.8 Å². The van der Waals surface area contributed by atoms with Crippen LogP contribution in [-0.2, 0) is 13.3 Å². The summed E-state index contributed by atoms with van der Waals surface area (Å²) in [6.07, 6.45) is 0. The third-order valence-electron chi connectivity index (χ3n) is 0.908. The molecule has 0 rings (SSSR count). The van der Waals surface area contributed by atoms with E-state index in [9.17, 15) is 0 Å². The summed E-state index contributed by atoms with van der Waals surface area (Å²) in [5.74, 6) is 0. The Kier molecular flexibility index (Phi) is 22.3. The van der Waals surface area contributed by atoms with Gasteiger partial charge in [-0.2, -0.15) is 0 Å². The van der Waals surface area contributed by atoms with Gasteiger partial charge in [-0.1, -0.05) is 0 Å². The van der Waals surface area contributed by atoms with E-state index in [4.69, 9.17) is 13.3 Å². The van der Waals surface area contributed by atoms with Crippen molar-refractivity contribution in [1.82, 2.24) is 0 Å². The second-order valence-corrected chi connectivity index (χ2v) is 3.23. The number of rotatable bonds is 6. The van der Waals surface area contributed by atoms with E-state index >= 15 is 0 Å². The van der Waals surface area contributed by atoms with Crippen LogP contribution in [0, 0.1) is 0 Å². The fourth-order valence-corrected chi connectivity index (χ4v) is 1.66. The van der Waals surface area contributed by atoms with Crippen molar-refractivity contribution in [2.24, 2.45) is 0 Å². The van der Waals surface area contributed by atoms with Gasteiger partial charge in [0.1, 0.15) is 0 Å². The molecule has 0 aromatic rings. The standard InChI is InChI=1S/C6H16O3Si.H2O.Sn.2H/c1-4-7-10(8-5-2)9-6-3;;;;/h10H,4-6H2,1-3H3;1H2;;;. The van der Waals surface area contributed by atoms with E-state index < -0.39 is 9.53 Å². The van der Waals surface area contributed by atoms with Gasteiger partial charge in [-0.3, -0.25) is 0 Å². The Morgan fingerprint density at radius 1 is 0.833 bits per heavy atom.